The van der Waals surface area contributed by atoms with Gasteiger partial charge in [0.25, 0.3) is 0 Å². The molecule has 0 saturated heterocycles. The molecule has 0 aromatic heterocycles. The van der Waals surface area contributed by atoms with Gasteiger partial charge in [-0.3, -0.25) is 0 Å². The van der Waals surface area contributed by atoms with E-state index in [9.17, 15) is 5.11 Å². The maximum absolute atomic E-state index is 10.0. The van der Waals surface area contributed by atoms with E-state index in [1.165, 1.54) is 16.3 Å². The molecule has 2 nitrogen and oxygen atoms in total. The standard InChI is InChI=1S/C16H21NO/c1-12(2)17-11-15(18)10-14-8-5-7-13-6-3-4-9-16(13)14/h3-9,12,15,17-18H,10-11H2,1-2H3/t15-/m0/s1. The Morgan fingerprint density at radius 3 is 2.56 bits per heavy atom. The highest BCUT2D eigenvalue weighted by Crippen LogP contribution is 2.19. The largest absolute Gasteiger partial charge is 0.391 e. The maximum atomic E-state index is 10.0. The Morgan fingerprint density at radius 2 is 1.78 bits per heavy atom. The van der Waals surface area contributed by atoms with E-state index in [4.69, 9.17) is 0 Å². The molecule has 0 bridgehead atoms. The van der Waals surface area contributed by atoms with Crippen molar-refractivity contribution in [2.45, 2.75) is 32.4 Å². The molecule has 0 unspecified atom stereocenters. The van der Waals surface area contributed by atoms with Crippen LogP contribution in [-0.4, -0.2) is 23.8 Å². The van der Waals surface area contributed by atoms with Crippen LogP contribution in [0.1, 0.15) is 19.4 Å². The Balaban J connectivity index is 2.11. The summed E-state index contributed by atoms with van der Waals surface area (Å²) in [7, 11) is 0. The topological polar surface area (TPSA) is 32.3 Å². The van der Waals surface area contributed by atoms with E-state index in [-0.39, 0.29) is 6.10 Å². The fourth-order valence-electron chi connectivity index (χ4n) is 2.17. The van der Waals surface area contributed by atoms with Gasteiger partial charge in [-0.05, 0) is 16.3 Å². The minimum absolute atomic E-state index is 0.335. The zero-order valence-corrected chi connectivity index (χ0v) is 11.1. The third kappa shape index (κ3) is 3.31. The van der Waals surface area contributed by atoms with Crippen LogP contribution in [0.4, 0.5) is 0 Å². The van der Waals surface area contributed by atoms with Crippen molar-refractivity contribution in [3.8, 4) is 0 Å². The van der Waals surface area contributed by atoms with Crippen molar-refractivity contribution in [2.75, 3.05) is 6.54 Å². The van der Waals surface area contributed by atoms with Crippen LogP contribution in [-0.2, 0) is 6.42 Å². The first kappa shape index (κ1) is 13.1. The first-order chi connectivity index (χ1) is 8.66. The maximum Gasteiger partial charge on any atom is 0.0705 e. The van der Waals surface area contributed by atoms with E-state index in [1.54, 1.807) is 0 Å². The van der Waals surface area contributed by atoms with Gasteiger partial charge < -0.3 is 10.4 Å². The van der Waals surface area contributed by atoms with Crippen molar-refractivity contribution in [2.24, 2.45) is 0 Å². The monoisotopic (exact) mass is 243 g/mol. The fraction of sp³-hybridized carbons (Fsp3) is 0.375. The molecule has 0 amide bonds. The van der Waals surface area contributed by atoms with Crippen molar-refractivity contribution in [3.05, 3.63) is 48.0 Å². The molecule has 0 radical (unpaired) electrons. The summed E-state index contributed by atoms with van der Waals surface area (Å²) in [5.41, 5.74) is 1.21. The van der Waals surface area contributed by atoms with Crippen LogP contribution in [0.3, 0.4) is 0 Å². The van der Waals surface area contributed by atoms with Crippen molar-refractivity contribution in [3.63, 3.8) is 0 Å². The van der Waals surface area contributed by atoms with Crippen LogP contribution >= 0.6 is 0 Å². The van der Waals surface area contributed by atoms with Crippen molar-refractivity contribution < 1.29 is 5.11 Å². The number of benzene rings is 2. The van der Waals surface area contributed by atoms with Crippen LogP contribution in [0.15, 0.2) is 42.5 Å². The predicted octanol–water partition coefficient (Wildman–Crippen LogP) is 2.74. The average molecular weight is 243 g/mol. The zero-order chi connectivity index (χ0) is 13.0. The second-order valence-corrected chi connectivity index (χ2v) is 5.06. The second-order valence-electron chi connectivity index (χ2n) is 5.06. The van der Waals surface area contributed by atoms with Crippen LogP contribution in [0.5, 0.6) is 0 Å². The van der Waals surface area contributed by atoms with Gasteiger partial charge in [-0.15, -0.1) is 0 Å². The van der Waals surface area contributed by atoms with E-state index in [2.05, 4.69) is 49.5 Å². The van der Waals surface area contributed by atoms with Crippen molar-refractivity contribution in [1.29, 1.82) is 0 Å². The molecule has 0 saturated carbocycles. The highest BCUT2D eigenvalue weighted by atomic mass is 16.3. The second kappa shape index (κ2) is 5.98. The lowest BCUT2D eigenvalue weighted by molar-refractivity contribution is 0.169. The summed E-state index contributed by atoms with van der Waals surface area (Å²) < 4.78 is 0. The third-order valence-corrected chi connectivity index (χ3v) is 3.10. The van der Waals surface area contributed by atoms with Gasteiger partial charge in [0.2, 0.25) is 0 Å². The summed E-state index contributed by atoms with van der Waals surface area (Å²) in [4.78, 5) is 0. The van der Waals surface area contributed by atoms with Crippen molar-refractivity contribution in [1.82, 2.24) is 5.32 Å². The van der Waals surface area contributed by atoms with Gasteiger partial charge in [0.1, 0.15) is 0 Å². The number of fused-ring (bicyclic) bond motifs is 1. The van der Waals surface area contributed by atoms with Gasteiger partial charge in [-0.2, -0.15) is 0 Å². The molecule has 2 rings (SSSR count). The molecular weight excluding hydrogens is 222 g/mol. The molecular formula is C16H21NO. The van der Waals surface area contributed by atoms with Crippen molar-refractivity contribution >= 4 is 10.8 Å². The lowest BCUT2D eigenvalue weighted by atomic mass is 10.00. The van der Waals surface area contributed by atoms with Crippen LogP contribution in [0.2, 0.25) is 0 Å². The fourth-order valence-corrected chi connectivity index (χ4v) is 2.17. The first-order valence-corrected chi connectivity index (χ1v) is 6.55. The van der Waals surface area contributed by atoms with Crippen LogP contribution in [0, 0.1) is 0 Å². The summed E-state index contributed by atoms with van der Waals surface area (Å²) in [6.07, 6.45) is 0.361. The first-order valence-electron chi connectivity index (χ1n) is 6.55. The number of nitrogens with one attached hydrogen (secondary N) is 1. The third-order valence-electron chi connectivity index (χ3n) is 3.10. The Labute approximate surface area is 109 Å². The number of hydrogen-bond donors (Lipinski definition) is 2. The lowest BCUT2D eigenvalue weighted by Crippen LogP contribution is -2.33. The summed E-state index contributed by atoms with van der Waals surface area (Å²) in [6, 6.07) is 15.0. The molecule has 2 aromatic rings. The minimum atomic E-state index is -0.335. The number of aliphatic hydroxyl groups excluding tert-OH is 1. The zero-order valence-electron chi connectivity index (χ0n) is 11.1. The summed E-state index contributed by atoms with van der Waals surface area (Å²) >= 11 is 0. The van der Waals surface area contributed by atoms with Gasteiger partial charge in [-0.25, -0.2) is 0 Å². The molecule has 0 spiro atoms. The van der Waals surface area contributed by atoms with Gasteiger partial charge in [0, 0.05) is 19.0 Å². The Morgan fingerprint density at radius 1 is 1.06 bits per heavy atom. The van der Waals surface area contributed by atoms with Gasteiger partial charge >= 0.3 is 0 Å². The van der Waals surface area contributed by atoms with Gasteiger partial charge in [0.05, 0.1) is 6.10 Å². The summed E-state index contributed by atoms with van der Waals surface area (Å²) in [5.74, 6) is 0. The highest BCUT2D eigenvalue weighted by molar-refractivity contribution is 5.85. The SMILES string of the molecule is CC(C)NC[C@@H](O)Cc1cccc2ccccc12. The predicted molar refractivity (Wildman–Crippen MR) is 76.8 cm³/mol. The molecule has 0 fully saturated rings. The Kier molecular flexibility index (Phi) is 4.34. The molecule has 18 heavy (non-hydrogen) atoms. The van der Waals surface area contributed by atoms with E-state index < -0.39 is 0 Å². The molecule has 0 heterocycles. The lowest BCUT2D eigenvalue weighted by Gasteiger charge is -2.15. The number of aliphatic hydroxyl groups is 1. The molecule has 1 atom stereocenters. The van der Waals surface area contributed by atoms with E-state index in [0.29, 0.717) is 19.0 Å². The summed E-state index contributed by atoms with van der Waals surface area (Å²) in [5, 5.41) is 15.8. The molecule has 2 heteroatoms. The molecule has 0 aliphatic carbocycles. The minimum Gasteiger partial charge on any atom is -0.391 e. The highest BCUT2D eigenvalue weighted by Gasteiger charge is 2.08. The number of hydrogen-bond acceptors (Lipinski definition) is 2. The molecule has 96 valence electrons. The van der Waals surface area contributed by atoms with E-state index in [0.717, 1.165) is 0 Å². The molecule has 2 aromatic carbocycles. The van der Waals surface area contributed by atoms with Crippen LogP contribution in [0.25, 0.3) is 10.8 Å². The van der Waals surface area contributed by atoms with Crippen LogP contribution < -0.4 is 5.32 Å². The quantitative estimate of drug-likeness (QED) is 0.846. The van der Waals surface area contributed by atoms with Gasteiger partial charge in [0.15, 0.2) is 0 Å². The van der Waals surface area contributed by atoms with E-state index in [1.807, 2.05) is 12.1 Å². The average Bonchev–Trinajstić information content (AvgIpc) is 2.37. The number of rotatable bonds is 5. The van der Waals surface area contributed by atoms with Gasteiger partial charge in [-0.1, -0.05) is 56.3 Å². The smallest absolute Gasteiger partial charge is 0.0705 e. The Hall–Kier alpha value is -1.38. The van der Waals surface area contributed by atoms with E-state index >= 15 is 0 Å². The summed E-state index contributed by atoms with van der Waals surface area (Å²) in [6.45, 7) is 4.82. The Bertz CT molecular complexity index is 502. The molecule has 2 N–H and O–H groups in total. The molecule has 0 aliphatic heterocycles. The normalized spacial score (nSPS) is 13.1. The molecule has 0 aliphatic rings.